The van der Waals surface area contributed by atoms with Crippen molar-refractivity contribution in [1.29, 1.82) is 0 Å². The van der Waals surface area contributed by atoms with Crippen LogP contribution in [0.5, 0.6) is 0 Å². The smallest absolute Gasteiger partial charge is 0.160 e. The highest BCUT2D eigenvalue weighted by Gasteiger charge is 2.09. The highest BCUT2D eigenvalue weighted by Crippen LogP contribution is 2.04. The quantitative estimate of drug-likeness (QED) is 0.471. The number of nitrogens with two attached hydrogens (primary N) is 1. The highest BCUT2D eigenvalue weighted by molar-refractivity contribution is 5.40. The molecular formula is C10H18N6O. The fraction of sp³-hybridized carbons (Fsp3) is 0.600. The van der Waals surface area contributed by atoms with Gasteiger partial charge in [0.2, 0.25) is 0 Å². The zero-order valence-corrected chi connectivity index (χ0v) is 9.72. The van der Waals surface area contributed by atoms with Gasteiger partial charge in [0.25, 0.3) is 0 Å². The fourth-order valence-electron chi connectivity index (χ4n) is 1.69. The van der Waals surface area contributed by atoms with E-state index in [9.17, 15) is 0 Å². The van der Waals surface area contributed by atoms with Gasteiger partial charge >= 0.3 is 0 Å². The van der Waals surface area contributed by atoms with Gasteiger partial charge in [-0.15, -0.1) is 0 Å². The van der Waals surface area contributed by atoms with Gasteiger partial charge < -0.3 is 15.5 Å². The van der Waals surface area contributed by atoms with Crippen LogP contribution in [0.2, 0.25) is 0 Å². The second kappa shape index (κ2) is 6.33. The number of ether oxygens (including phenoxy) is 1. The van der Waals surface area contributed by atoms with E-state index in [2.05, 4.69) is 25.6 Å². The molecule has 2 rings (SSSR count). The van der Waals surface area contributed by atoms with Crippen LogP contribution in [0, 0.1) is 0 Å². The van der Waals surface area contributed by atoms with Crippen LogP contribution in [0.25, 0.3) is 0 Å². The second-order valence-corrected chi connectivity index (χ2v) is 3.81. The van der Waals surface area contributed by atoms with Crippen molar-refractivity contribution < 1.29 is 4.74 Å². The van der Waals surface area contributed by atoms with E-state index >= 15 is 0 Å². The van der Waals surface area contributed by atoms with Gasteiger partial charge in [-0.25, -0.2) is 10.8 Å². The maximum absolute atomic E-state index is 5.29. The van der Waals surface area contributed by atoms with Crippen LogP contribution < -0.4 is 16.6 Å². The van der Waals surface area contributed by atoms with Crippen molar-refractivity contribution in [2.24, 2.45) is 5.84 Å². The molecule has 0 aromatic carbocycles. The van der Waals surface area contributed by atoms with E-state index in [4.69, 9.17) is 10.6 Å². The number of rotatable bonds is 5. The summed E-state index contributed by atoms with van der Waals surface area (Å²) in [7, 11) is 0. The van der Waals surface area contributed by atoms with Gasteiger partial charge in [-0.05, 0) is 0 Å². The maximum Gasteiger partial charge on any atom is 0.160 e. The first-order valence-electron chi connectivity index (χ1n) is 5.71. The third-order valence-electron chi connectivity index (χ3n) is 2.62. The first kappa shape index (κ1) is 12.0. The van der Waals surface area contributed by atoms with Crippen molar-refractivity contribution in [2.75, 3.05) is 50.1 Å². The molecule has 0 bridgehead atoms. The molecule has 7 heteroatoms. The molecule has 1 aliphatic rings. The molecule has 0 aliphatic carbocycles. The van der Waals surface area contributed by atoms with Crippen LogP contribution >= 0.6 is 0 Å². The van der Waals surface area contributed by atoms with Crippen molar-refractivity contribution in [3.63, 3.8) is 0 Å². The van der Waals surface area contributed by atoms with Gasteiger partial charge in [0, 0.05) is 26.2 Å². The van der Waals surface area contributed by atoms with E-state index in [-0.39, 0.29) is 0 Å². The Morgan fingerprint density at radius 2 is 2.06 bits per heavy atom. The van der Waals surface area contributed by atoms with Crippen LogP contribution in [0.4, 0.5) is 11.6 Å². The van der Waals surface area contributed by atoms with Crippen LogP contribution in [-0.4, -0.2) is 54.3 Å². The normalized spacial score (nSPS) is 16.8. The van der Waals surface area contributed by atoms with E-state index < -0.39 is 0 Å². The first-order valence-corrected chi connectivity index (χ1v) is 5.71. The van der Waals surface area contributed by atoms with Gasteiger partial charge in [-0.2, -0.15) is 0 Å². The monoisotopic (exact) mass is 238 g/mol. The van der Waals surface area contributed by atoms with E-state index in [1.807, 2.05) is 0 Å². The van der Waals surface area contributed by atoms with E-state index in [0.29, 0.717) is 5.82 Å². The minimum atomic E-state index is 0.557. The van der Waals surface area contributed by atoms with E-state index in [1.165, 1.54) is 0 Å². The van der Waals surface area contributed by atoms with Gasteiger partial charge in [-0.1, -0.05) is 0 Å². The Hall–Kier alpha value is -1.44. The van der Waals surface area contributed by atoms with Crippen molar-refractivity contribution in [3.05, 3.63) is 12.4 Å². The molecular weight excluding hydrogens is 220 g/mol. The summed E-state index contributed by atoms with van der Waals surface area (Å²) in [5, 5.41) is 3.22. The number of aromatic nitrogens is 2. The summed E-state index contributed by atoms with van der Waals surface area (Å²) in [6.45, 7) is 5.46. The standard InChI is InChI=1S/C10H18N6O/c11-15-10-8-12-7-9(14-10)13-1-2-16-3-5-17-6-4-16/h7-8H,1-6,11H2,(H2,13,14,15). The average molecular weight is 238 g/mol. The molecule has 1 aromatic heterocycles. The lowest BCUT2D eigenvalue weighted by Crippen LogP contribution is -2.39. The molecule has 17 heavy (non-hydrogen) atoms. The van der Waals surface area contributed by atoms with Gasteiger partial charge in [0.05, 0.1) is 25.6 Å². The molecule has 0 atom stereocenters. The summed E-state index contributed by atoms with van der Waals surface area (Å²) in [5.74, 6) is 6.55. The molecule has 1 aromatic rings. The lowest BCUT2D eigenvalue weighted by atomic mass is 10.4. The Labute approximate surface area is 100 Å². The maximum atomic E-state index is 5.29. The Morgan fingerprint density at radius 3 is 2.82 bits per heavy atom. The number of hydrogen-bond donors (Lipinski definition) is 3. The number of nitrogens with zero attached hydrogens (tertiary/aromatic N) is 3. The Morgan fingerprint density at radius 1 is 1.29 bits per heavy atom. The zero-order valence-electron chi connectivity index (χ0n) is 9.72. The van der Waals surface area contributed by atoms with E-state index in [1.54, 1.807) is 12.4 Å². The number of nitrogens with one attached hydrogen (secondary N) is 2. The number of hydrogen-bond acceptors (Lipinski definition) is 7. The molecule has 1 saturated heterocycles. The minimum absolute atomic E-state index is 0.557. The molecule has 0 saturated carbocycles. The average Bonchev–Trinajstić information content (AvgIpc) is 2.40. The summed E-state index contributed by atoms with van der Waals surface area (Å²) in [5.41, 5.74) is 2.47. The van der Waals surface area contributed by atoms with Crippen molar-refractivity contribution in [1.82, 2.24) is 14.9 Å². The third kappa shape index (κ3) is 3.81. The number of morpholine rings is 1. The lowest BCUT2D eigenvalue weighted by molar-refractivity contribution is 0.0398. The lowest BCUT2D eigenvalue weighted by Gasteiger charge is -2.26. The van der Waals surface area contributed by atoms with Crippen LogP contribution in [0.15, 0.2) is 12.4 Å². The molecule has 94 valence electrons. The minimum Gasteiger partial charge on any atom is -0.379 e. The molecule has 7 nitrogen and oxygen atoms in total. The molecule has 1 fully saturated rings. The molecule has 0 amide bonds. The van der Waals surface area contributed by atoms with Crippen molar-refractivity contribution in [3.8, 4) is 0 Å². The van der Waals surface area contributed by atoms with Crippen LogP contribution in [-0.2, 0) is 4.74 Å². The SMILES string of the molecule is NNc1cncc(NCCN2CCOCC2)n1. The first-order chi connectivity index (χ1) is 8.38. The van der Waals surface area contributed by atoms with E-state index in [0.717, 1.165) is 45.2 Å². The van der Waals surface area contributed by atoms with Gasteiger partial charge in [0.15, 0.2) is 5.82 Å². The predicted molar refractivity (Wildman–Crippen MR) is 65.6 cm³/mol. The number of nitrogen functional groups attached to an aromatic ring is 1. The van der Waals surface area contributed by atoms with Crippen molar-refractivity contribution in [2.45, 2.75) is 0 Å². The molecule has 2 heterocycles. The van der Waals surface area contributed by atoms with Crippen molar-refractivity contribution >= 4 is 11.6 Å². The molecule has 0 unspecified atom stereocenters. The number of anilines is 2. The molecule has 0 radical (unpaired) electrons. The Kier molecular flexibility index (Phi) is 4.48. The fourth-order valence-corrected chi connectivity index (χ4v) is 1.69. The van der Waals surface area contributed by atoms with Gasteiger partial charge in [0.1, 0.15) is 5.82 Å². The van der Waals surface area contributed by atoms with Gasteiger partial charge in [-0.3, -0.25) is 9.88 Å². The molecule has 1 aliphatic heterocycles. The third-order valence-corrected chi connectivity index (χ3v) is 2.62. The molecule has 4 N–H and O–H groups in total. The summed E-state index contributed by atoms with van der Waals surface area (Å²) < 4.78 is 5.29. The van der Waals surface area contributed by atoms with Crippen LogP contribution in [0.1, 0.15) is 0 Å². The topological polar surface area (TPSA) is 88.3 Å². The number of hydrazine groups is 1. The predicted octanol–water partition coefficient (Wildman–Crippen LogP) is -0.494. The summed E-state index contributed by atoms with van der Waals surface area (Å²) >= 11 is 0. The summed E-state index contributed by atoms with van der Waals surface area (Å²) in [4.78, 5) is 10.6. The van der Waals surface area contributed by atoms with Crippen LogP contribution in [0.3, 0.4) is 0 Å². The Balaban J connectivity index is 1.73. The zero-order chi connectivity index (χ0) is 11.9. The summed E-state index contributed by atoms with van der Waals surface area (Å²) in [6, 6.07) is 0. The highest BCUT2D eigenvalue weighted by atomic mass is 16.5. The summed E-state index contributed by atoms with van der Waals surface area (Å²) in [6.07, 6.45) is 3.26. The second-order valence-electron chi connectivity index (χ2n) is 3.81. The molecule has 0 spiro atoms. The Bertz CT molecular complexity index is 341. The largest absolute Gasteiger partial charge is 0.379 e.